The summed E-state index contributed by atoms with van der Waals surface area (Å²) in [6, 6.07) is 11.2. The van der Waals surface area contributed by atoms with Gasteiger partial charge in [0.1, 0.15) is 6.04 Å². The van der Waals surface area contributed by atoms with E-state index < -0.39 is 6.04 Å². The normalized spacial score (nSPS) is 12.0. The van der Waals surface area contributed by atoms with Crippen molar-refractivity contribution in [3.8, 4) is 6.07 Å². The molecule has 68 valence electrons. The van der Waals surface area contributed by atoms with Crippen LogP contribution in [-0.2, 0) is 11.3 Å². The van der Waals surface area contributed by atoms with E-state index in [9.17, 15) is 0 Å². The molecule has 0 heterocycles. The molecule has 0 radical (unpaired) electrons. The van der Waals surface area contributed by atoms with Crippen LogP contribution in [0, 0.1) is 11.3 Å². The molecular formula is C10H12N2O. The summed E-state index contributed by atoms with van der Waals surface area (Å²) in [6.45, 7) is 0.793. The van der Waals surface area contributed by atoms with Crippen LogP contribution in [-0.4, -0.2) is 12.6 Å². The van der Waals surface area contributed by atoms with Crippen molar-refractivity contribution in [2.75, 3.05) is 6.61 Å². The Bertz CT molecular complexity index is 279. The zero-order chi connectivity index (χ0) is 9.52. The fourth-order valence-electron chi connectivity index (χ4n) is 0.915. The predicted octanol–water partition coefficient (Wildman–Crippen LogP) is 1.05. The van der Waals surface area contributed by atoms with Crippen LogP contribution in [0.1, 0.15) is 5.56 Å². The fourth-order valence-corrected chi connectivity index (χ4v) is 0.915. The second kappa shape index (κ2) is 5.31. The van der Waals surface area contributed by atoms with E-state index >= 15 is 0 Å². The summed E-state index contributed by atoms with van der Waals surface area (Å²) in [5.74, 6) is 0. The van der Waals surface area contributed by atoms with Crippen molar-refractivity contribution in [1.82, 2.24) is 0 Å². The summed E-state index contributed by atoms with van der Waals surface area (Å²) in [5.41, 5.74) is 6.44. The lowest BCUT2D eigenvalue weighted by Gasteiger charge is -2.04. The van der Waals surface area contributed by atoms with Gasteiger partial charge >= 0.3 is 0 Å². The summed E-state index contributed by atoms with van der Waals surface area (Å²) >= 11 is 0. The van der Waals surface area contributed by atoms with Crippen molar-refractivity contribution in [1.29, 1.82) is 5.26 Å². The number of nitrogens with two attached hydrogens (primary N) is 1. The van der Waals surface area contributed by atoms with Crippen molar-refractivity contribution in [3.63, 3.8) is 0 Å². The maximum Gasteiger partial charge on any atom is 0.116 e. The highest BCUT2D eigenvalue weighted by molar-refractivity contribution is 5.13. The van der Waals surface area contributed by atoms with Gasteiger partial charge in [-0.1, -0.05) is 30.3 Å². The zero-order valence-corrected chi connectivity index (χ0v) is 7.31. The van der Waals surface area contributed by atoms with Gasteiger partial charge in [-0.25, -0.2) is 0 Å². The minimum atomic E-state index is -0.524. The van der Waals surface area contributed by atoms with Crippen molar-refractivity contribution in [2.45, 2.75) is 12.6 Å². The molecule has 0 saturated heterocycles. The molecule has 1 atom stereocenters. The van der Waals surface area contributed by atoms with Crippen molar-refractivity contribution >= 4 is 0 Å². The highest BCUT2D eigenvalue weighted by Crippen LogP contribution is 2.00. The van der Waals surface area contributed by atoms with E-state index in [1.165, 1.54) is 0 Å². The van der Waals surface area contributed by atoms with E-state index in [2.05, 4.69) is 0 Å². The maximum atomic E-state index is 8.38. The number of nitriles is 1. The molecule has 0 amide bonds. The van der Waals surface area contributed by atoms with E-state index in [1.54, 1.807) is 0 Å². The van der Waals surface area contributed by atoms with Gasteiger partial charge in [0, 0.05) is 0 Å². The molecule has 1 rings (SSSR count). The Labute approximate surface area is 77.7 Å². The van der Waals surface area contributed by atoms with Gasteiger partial charge in [-0.2, -0.15) is 5.26 Å². The highest BCUT2D eigenvalue weighted by Gasteiger charge is 1.98. The lowest BCUT2D eigenvalue weighted by Crippen LogP contribution is -2.23. The Hall–Kier alpha value is -1.37. The number of nitrogens with zero attached hydrogens (tertiary/aromatic N) is 1. The topological polar surface area (TPSA) is 59.0 Å². The molecule has 0 bridgehead atoms. The molecule has 3 heteroatoms. The summed E-state index contributed by atoms with van der Waals surface area (Å²) < 4.78 is 5.22. The van der Waals surface area contributed by atoms with Gasteiger partial charge in [0.15, 0.2) is 0 Å². The van der Waals surface area contributed by atoms with Crippen LogP contribution in [0.25, 0.3) is 0 Å². The Balaban J connectivity index is 2.25. The van der Waals surface area contributed by atoms with Crippen molar-refractivity contribution in [2.24, 2.45) is 5.73 Å². The van der Waals surface area contributed by atoms with Crippen LogP contribution in [0.3, 0.4) is 0 Å². The summed E-state index contributed by atoms with van der Waals surface area (Å²) in [5, 5.41) is 8.38. The first-order valence-corrected chi connectivity index (χ1v) is 4.10. The molecule has 3 nitrogen and oxygen atoms in total. The molecule has 0 spiro atoms. The third-order valence-corrected chi connectivity index (χ3v) is 1.57. The maximum absolute atomic E-state index is 8.38. The molecule has 1 unspecified atom stereocenters. The molecule has 0 fully saturated rings. The van der Waals surface area contributed by atoms with E-state index in [0.717, 1.165) is 5.56 Å². The molecule has 0 aliphatic heterocycles. The number of benzene rings is 1. The van der Waals surface area contributed by atoms with Gasteiger partial charge in [-0.3, -0.25) is 0 Å². The average molecular weight is 176 g/mol. The molecule has 2 N–H and O–H groups in total. The largest absolute Gasteiger partial charge is 0.374 e. The Kier molecular flexibility index (Phi) is 3.97. The number of hydrogen-bond donors (Lipinski definition) is 1. The zero-order valence-electron chi connectivity index (χ0n) is 7.31. The van der Waals surface area contributed by atoms with Crippen LogP contribution in [0.4, 0.5) is 0 Å². The average Bonchev–Trinajstić information content (AvgIpc) is 2.19. The number of ether oxygens (including phenoxy) is 1. The lowest BCUT2D eigenvalue weighted by atomic mass is 10.2. The third-order valence-electron chi connectivity index (χ3n) is 1.57. The Morgan fingerprint density at radius 2 is 2.08 bits per heavy atom. The first kappa shape index (κ1) is 9.72. The monoisotopic (exact) mass is 176 g/mol. The smallest absolute Gasteiger partial charge is 0.116 e. The highest BCUT2D eigenvalue weighted by atomic mass is 16.5. The minimum Gasteiger partial charge on any atom is -0.374 e. The molecule has 0 saturated carbocycles. The lowest BCUT2D eigenvalue weighted by molar-refractivity contribution is 0.117. The van der Waals surface area contributed by atoms with Crippen molar-refractivity contribution in [3.05, 3.63) is 35.9 Å². The van der Waals surface area contributed by atoms with E-state index in [4.69, 9.17) is 15.7 Å². The summed E-state index contributed by atoms with van der Waals surface area (Å²) in [7, 11) is 0. The third kappa shape index (κ3) is 3.70. The molecule has 1 aromatic rings. The van der Waals surface area contributed by atoms with Crippen LogP contribution in [0.15, 0.2) is 30.3 Å². The van der Waals surface area contributed by atoms with E-state index in [-0.39, 0.29) is 6.61 Å². The molecule has 13 heavy (non-hydrogen) atoms. The van der Waals surface area contributed by atoms with Crippen LogP contribution < -0.4 is 5.73 Å². The molecule has 0 aliphatic rings. The van der Waals surface area contributed by atoms with Crippen LogP contribution in [0.5, 0.6) is 0 Å². The predicted molar refractivity (Wildman–Crippen MR) is 49.7 cm³/mol. The van der Waals surface area contributed by atoms with Gasteiger partial charge in [0.2, 0.25) is 0 Å². The molecule has 1 aromatic carbocycles. The van der Waals surface area contributed by atoms with E-state index in [1.807, 2.05) is 36.4 Å². The van der Waals surface area contributed by atoms with Gasteiger partial charge in [0.05, 0.1) is 19.3 Å². The Morgan fingerprint density at radius 3 is 2.69 bits per heavy atom. The van der Waals surface area contributed by atoms with Gasteiger partial charge < -0.3 is 10.5 Å². The fraction of sp³-hybridized carbons (Fsp3) is 0.300. The standard InChI is InChI=1S/C10H12N2O/c11-6-10(12)8-13-7-9-4-2-1-3-5-9/h1-5,10H,7-8,12H2. The second-order valence-corrected chi connectivity index (χ2v) is 2.74. The summed E-state index contributed by atoms with van der Waals surface area (Å²) in [6.07, 6.45) is 0. The first-order valence-electron chi connectivity index (χ1n) is 4.10. The Morgan fingerprint density at radius 1 is 1.38 bits per heavy atom. The number of hydrogen-bond acceptors (Lipinski definition) is 3. The summed E-state index contributed by atoms with van der Waals surface area (Å²) in [4.78, 5) is 0. The van der Waals surface area contributed by atoms with Gasteiger partial charge in [0.25, 0.3) is 0 Å². The molecule has 0 aliphatic carbocycles. The second-order valence-electron chi connectivity index (χ2n) is 2.74. The SMILES string of the molecule is N#CC(N)COCc1ccccc1. The molecular weight excluding hydrogens is 164 g/mol. The van der Waals surface area contributed by atoms with Crippen molar-refractivity contribution < 1.29 is 4.74 Å². The quantitative estimate of drug-likeness (QED) is 0.746. The van der Waals surface area contributed by atoms with Crippen LogP contribution >= 0.6 is 0 Å². The number of rotatable bonds is 4. The van der Waals surface area contributed by atoms with Gasteiger partial charge in [-0.05, 0) is 5.56 Å². The van der Waals surface area contributed by atoms with E-state index in [0.29, 0.717) is 6.61 Å². The first-order chi connectivity index (χ1) is 6.33. The molecule has 0 aromatic heterocycles. The van der Waals surface area contributed by atoms with Crippen LogP contribution in [0.2, 0.25) is 0 Å². The van der Waals surface area contributed by atoms with Gasteiger partial charge in [-0.15, -0.1) is 0 Å². The minimum absolute atomic E-state index is 0.283.